The van der Waals surface area contributed by atoms with E-state index in [9.17, 15) is 15.0 Å². The third-order valence-electron chi connectivity index (χ3n) is 6.44. The number of carbonyl (C=O) groups is 1. The van der Waals surface area contributed by atoms with E-state index in [1.165, 1.54) is 5.56 Å². The highest BCUT2D eigenvalue weighted by molar-refractivity contribution is 5.72. The molecule has 3 atom stereocenters. The number of benzene rings is 2. The van der Waals surface area contributed by atoms with Crippen molar-refractivity contribution in [1.29, 1.82) is 0 Å². The van der Waals surface area contributed by atoms with Gasteiger partial charge in [0.05, 0.1) is 12.5 Å². The van der Waals surface area contributed by atoms with Gasteiger partial charge in [0.1, 0.15) is 11.5 Å². The first-order chi connectivity index (χ1) is 14.5. The van der Waals surface area contributed by atoms with Crippen LogP contribution in [-0.4, -0.2) is 34.9 Å². The number of ether oxygens (including phenoxy) is 1. The van der Waals surface area contributed by atoms with E-state index in [0.717, 1.165) is 56.3 Å². The number of carboxylic acids is 1. The largest absolute Gasteiger partial charge is 0.507 e. The van der Waals surface area contributed by atoms with Crippen LogP contribution in [0.1, 0.15) is 62.5 Å². The minimum absolute atomic E-state index is 0.0407. The van der Waals surface area contributed by atoms with Crippen LogP contribution in [0.15, 0.2) is 42.5 Å². The summed E-state index contributed by atoms with van der Waals surface area (Å²) >= 11 is 0. The Labute approximate surface area is 178 Å². The second kappa shape index (κ2) is 8.99. The van der Waals surface area contributed by atoms with Crippen LogP contribution in [0.4, 0.5) is 5.69 Å². The van der Waals surface area contributed by atoms with E-state index < -0.39 is 5.97 Å². The molecule has 2 aliphatic heterocycles. The normalized spacial score (nSPS) is 21.0. The summed E-state index contributed by atoms with van der Waals surface area (Å²) in [5.41, 5.74) is 3.07. The average Bonchev–Trinajstić information content (AvgIpc) is 3.17. The Morgan fingerprint density at radius 2 is 2.07 bits per heavy atom. The molecule has 2 heterocycles. The van der Waals surface area contributed by atoms with Crippen molar-refractivity contribution < 1.29 is 19.7 Å². The Balaban J connectivity index is 1.46. The minimum atomic E-state index is -0.816. The quantitative estimate of drug-likeness (QED) is 0.634. The molecule has 1 fully saturated rings. The van der Waals surface area contributed by atoms with Crippen LogP contribution >= 0.6 is 0 Å². The minimum Gasteiger partial charge on any atom is -0.507 e. The SMILES string of the molecule is C[C@H](CCCc1ccccc1)Oc1cc(O)c2c(c1)N1CCC[C@H]1C[C@@H]2CC(=O)O. The topological polar surface area (TPSA) is 70.0 Å². The Bertz CT molecular complexity index is 882. The van der Waals surface area contributed by atoms with Crippen LogP contribution < -0.4 is 9.64 Å². The lowest BCUT2D eigenvalue weighted by Crippen LogP contribution is -2.36. The number of phenolic OH excluding ortho intramolecular Hbond substituents is 1. The van der Waals surface area contributed by atoms with Crippen molar-refractivity contribution in [2.75, 3.05) is 11.4 Å². The van der Waals surface area contributed by atoms with Gasteiger partial charge in [0.2, 0.25) is 0 Å². The van der Waals surface area contributed by atoms with Gasteiger partial charge in [-0.15, -0.1) is 0 Å². The van der Waals surface area contributed by atoms with Crippen molar-refractivity contribution in [2.45, 2.75) is 69.9 Å². The number of phenols is 1. The fraction of sp³-hybridized carbons (Fsp3) is 0.480. The van der Waals surface area contributed by atoms with E-state index in [-0.39, 0.29) is 24.2 Å². The number of fused-ring (bicyclic) bond motifs is 3. The molecule has 0 spiro atoms. The van der Waals surface area contributed by atoms with Gasteiger partial charge in [-0.3, -0.25) is 4.79 Å². The van der Waals surface area contributed by atoms with Crippen LogP contribution in [0.25, 0.3) is 0 Å². The van der Waals surface area contributed by atoms with Gasteiger partial charge in [-0.2, -0.15) is 0 Å². The fourth-order valence-electron chi connectivity index (χ4n) is 5.09. The summed E-state index contributed by atoms with van der Waals surface area (Å²) in [6.07, 6.45) is 6.07. The number of carboxylic acid groups (broad SMARTS) is 1. The molecule has 0 amide bonds. The van der Waals surface area contributed by atoms with Gasteiger partial charge in [-0.05, 0) is 51.0 Å². The van der Waals surface area contributed by atoms with Gasteiger partial charge >= 0.3 is 5.97 Å². The first-order valence-corrected chi connectivity index (χ1v) is 11.1. The van der Waals surface area contributed by atoms with E-state index in [0.29, 0.717) is 11.8 Å². The highest BCUT2D eigenvalue weighted by Crippen LogP contribution is 2.49. The predicted molar refractivity (Wildman–Crippen MR) is 118 cm³/mol. The highest BCUT2D eigenvalue weighted by Gasteiger charge is 2.38. The summed E-state index contributed by atoms with van der Waals surface area (Å²) in [5, 5.41) is 20.1. The molecule has 160 valence electrons. The molecule has 2 aromatic rings. The molecule has 2 aromatic carbocycles. The molecule has 2 N–H and O–H groups in total. The highest BCUT2D eigenvalue weighted by atomic mass is 16.5. The molecule has 4 rings (SSSR count). The number of hydrogen-bond acceptors (Lipinski definition) is 4. The number of aromatic hydroxyl groups is 1. The maximum atomic E-state index is 11.4. The van der Waals surface area contributed by atoms with Gasteiger partial charge < -0.3 is 19.8 Å². The molecule has 0 bridgehead atoms. The maximum Gasteiger partial charge on any atom is 0.303 e. The van der Waals surface area contributed by atoms with Crippen molar-refractivity contribution in [3.63, 3.8) is 0 Å². The van der Waals surface area contributed by atoms with Crippen LogP contribution in [0.2, 0.25) is 0 Å². The number of anilines is 1. The third kappa shape index (κ3) is 4.55. The van der Waals surface area contributed by atoms with Crippen LogP contribution in [0.3, 0.4) is 0 Å². The zero-order chi connectivity index (χ0) is 21.1. The number of rotatable bonds is 8. The molecule has 2 aliphatic rings. The van der Waals surface area contributed by atoms with Gasteiger partial charge in [0.15, 0.2) is 0 Å². The van der Waals surface area contributed by atoms with Crippen molar-refractivity contribution in [1.82, 2.24) is 0 Å². The van der Waals surface area contributed by atoms with Crippen molar-refractivity contribution in [3.05, 3.63) is 53.6 Å². The molecular weight excluding hydrogens is 378 g/mol. The van der Waals surface area contributed by atoms with Crippen molar-refractivity contribution >= 4 is 11.7 Å². The number of hydrogen-bond donors (Lipinski definition) is 2. The molecular formula is C25H31NO4. The average molecular weight is 410 g/mol. The second-order valence-electron chi connectivity index (χ2n) is 8.70. The molecule has 1 saturated heterocycles. The molecule has 30 heavy (non-hydrogen) atoms. The van der Waals surface area contributed by atoms with Gasteiger partial charge in [0, 0.05) is 41.9 Å². The van der Waals surface area contributed by atoms with E-state index >= 15 is 0 Å². The Hall–Kier alpha value is -2.69. The zero-order valence-corrected chi connectivity index (χ0v) is 17.6. The van der Waals surface area contributed by atoms with E-state index in [2.05, 4.69) is 36.1 Å². The predicted octanol–water partition coefficient (Wildman–Crippen LogP) is 5.11. The van der Waals surface area contributed by atoms with E-state index in [1.54, 1.807) is 6.07 Å². The summed E-state index contributed by atoms with van der Waals surface area (Å²) in [4.78, 5) is 13.7. The van der Waals surface area contributed by atoms with Gasteiger partial charge in [-0.1, -0.05) is 30.3 Å². The molecule has 0 saturated carbocycles. The van der Waals surface area contributed by atoms with Crippen molar-refractivity contribution in [2.24, 2.45) is 0 Å². The number of aliphatic carboxylic acids is 1. The lowest BCUT2D eigenvalue weighted by atomic mass is 9.83. The molecule has 0 unspecified atom stereocenters. The summed E-state index contributed by atoms with van der Waals surface area (Å²) in [5.74, 6) is -0.131. The van der Waals surface area contributed by atoms with Crippen LogP contribution in [0, 0.1) is 0 Å². The first-order valence-electron chi connectivity index (χ1n) is 11.1. The Morgan fingerprint density at radius 3 is 2.83 bits per heavy atom. The number of nitrogens with zero attached hydrogens (tertiary/aromatic N) is 1. The first kappa shape index (κ1) is 20.6. The van der Waals surface area contributed by atoms with Crippen LogP contribution in [-0.2, 0) is 11.2 Å². The fourth-order valence-corrected chi connectivity index (χ4v) is 5.09. The van der Waals surface area contributed by atoms with Crippen LogP contribution in [0.5, 0.6) is 11.5 Å². The lowest BCUT2D eigenvalue weighted by Gasteiger charge is -2.38. The molecule has 0 aromatic heterocycles. The third-order valence-corrected chi connectivity index (χ3v) is 6.44. The molecule has 5 nitrogen and oxygen atoms in total. The monoisotopic (exact) mass is 409 g/mol. The van der Waals surface area contributed by atoms with E-state index in [1.807, 2.05) is 12.1 Å². The number of aryl methyl sites for hydroxylation is 1. The standard InChI is InChI=1S/C25H31NO4/c1-17(7-5-10-18-8-3-2-4-9-18)30-21-15-22-25(23(27)16-21)19(14-24(28)29)13-20-11-6-12-26(20)22/h2-4,8-9,15-17,19-20,27H,5-7,10-14H2,1H3,(H,28,29)/t17-,19-,20+/m1/s1. The van der Waals surface area contributed by atoms with Gasteiger partial charge in [0.25, 0.3) is 0 Å². The van der Waals surface area contributed by atoms with Gasteiger partial charge in [-0.25, -0.2) is 0 Å². The molecule has 0 aliphatic carbocycles. The summed E-state index contributed by atoms with van der Waals surface area (Å²) < 4.78 is 6.16. The van der Waals surface area contributed by atoms with E-state index in [4.69, 9.17) is 4.74 Å². The summed E-state index contributed by atoms with van der Waals surface area (Å²) in [6, 6.07) is 14.5. The van der Waals surface area contributed by atoms with Crippen molar-refractivity contribution in [3.8, 4) is 11.5 Å². The Kier molecular flexibility index (Phi) is 6.16. The summed E-state index contributed by atoms with van der Waals surface area (Å²) in [6.45, 7) is 3.01. The second-order valence-corrected chi connectivity index (χ2v) is 8.70. The maximum absolute atomic E-state index is 11.4. The molecule has 0 radical (unpaired) electrons. The smallest absolute Gasteiger partial charge is 0.303 e. The Morgan fingerprint density at radius 1 is 1.27 bits per heavy atom. The zero-order valence-electron chi connectivity index (χ0n) is 17.6. The summed E-state index contributed by atoms with van der Waals surface area (Å²) in [7, 11) is 0. The molecule has 5 heteroatoms. The lowest BCUT2D eigenvalue weighted by molar-refractivity contribution is -0.137.